The molecule has 6 N–H and O–H groups in total. The van der Waals surface area contributed by atoms with Crippen LogP contribution in [0.5, 0.6) is 0 Å². The van der Waals surface area contributed by atoms with Gasteiger partial charge in [0, 0.05) is 0 Å². The van der Waals surface area contributed by atoms with E-state index in [2.05, 4.69) is 31.9 Å². The van der Waals surface area contributed by atoms with Crippen molar-refractivity contribution in [3.8, 4) is 0 Å². The molecule has 0 aliphatic heterocycles. The lowest BCUT2D eigenvalue weighted by Crippen LogP contribution is -2.58. The summed E-state index contributed by atoms with van der Waals surface area (Å²) in [6.45, 7) is 23.0. The predicted molar refractivity (Wildman–Crippen MR) is 197 cm³/mol. The van der Waals surface area contributed by atoms with E-state index in [0.29, 0.717) is 0 Å². The molecule has 0 aromatic rings. The van der Waals surface area contributed by atoms with Gasteiger partial charge in [-0.2, -0.15) is 0 Å². The Morgan fingerprint density at radius 2 is 0.648 bits per heavy atom. The summed E-state index contributed by atoms with van der Waals surface area (Å²) in [6, 6.07) is -4.96. The lowest BCUT2D eigenvalue weighted by molar-refractivity contribution is -0.141. The number of ether oxygens (including phenoxy) is 4. The third-order valence-electron chi connectivity index (χ3n) is 7.26. The molecule has 308 valence electrons. The van der Waals surface area contributed by atoms with Crippen LogP contribution in [0.3, 0.4) is 0 Å². The largest absolute Gasteiger partial charge is 0.464 e. The first-order chi connectivity index (χ1) is 24.6. The van der Waals surface area contributed by atoms with Crippen molar-refractivity contribution in [2.24, 2.45) is 23.7 Å². The Morgan fingerprint density at radius 1 is 0.407 bits per heavy atom. The lowest BCUT2D eigenvalue weighted by Gasteiger charge is -2.29. The standard InChI is InChI=1S/C36H62N6O12/c1-17(2)21(37-29(45)23(19(5)6)41-33(49)53-35(9,10)11)27(43)39-25(31(47)51-15)26(32(48)52-16)40-28(44)22(18(3)4)38-30(46)24(20(7)8)42-34(50)54-36(12,13)14/h17-24H,1-16H3,(H,37,45)(H,38,46)(H,39,43)(H,40,44)(H,41,49)(H,42,50)/b26-25+/t21-,22-,23-,24-/m0/s1. The summed E-state index contributed by atoms with van der Waals surface area (Å²) < 4.78 is 20.1. The maximum absolute atomic E-state index is 13.7. The van der Waals surface area contributed by atoms with E-state index in [9.17, 15) is 38.4 Å². The summed E-state index contributed by atoms with van der Waals surface area (Å²) >= 11 is 0. The Balaban J connectivity index is 6.65. The van der Waals surface area contributed by atoms with Crippen LogP contribution >= 0.6 is 0 Å². The Hall–Kier alpha value is -4.90. The Morgan fingerprint density at radius 3 is 0.852 bits per heavy atom. The molecule has 0 unspecified atom stereocenters. The molecule has 0 aliphatic rings. The van der Waals surface area contributed by atoms with E-state index in [0.717, 1.165) is 14.2 Å². The molecule has 6 amide bonds. The number of nitrogens with one attached hydrogen (secondary N) is 6. The Bertz CT molecular complexity index is 1310. The fraction of sp³-hybridized carbons (Fsp3) is 0.722. The minimum absolute atomic E-state index is 0.446. The first-order valence-electron chi connectivity index (χ1n) is 17.7. The maximum atomic E-state index is 13.7. The smallest absolute Gasteiger partial charge is 0.408 e. The zero-order chi connectivity index (χ0) is 42.5. The minimum Gasteiger partial charge on any atom is -0.464 e. The number of amides is 6. The highest BCUT2D eigenvalue weighted by atomic mass is 16.6. The molecule has 0 fully saturated rings. The van der Waals surface area contributed by atoms with Gasteiger partial charge in [0.05, 0.1) is 14.2 Å². The van der Waals surface area contributed by atoms with Gasteiger partial charge in [0.25, 0.3) is 0 Å². The van der Waals surface area contributed by atoms with Crippen LogP contribution in [-0.4, -0.2) is 97.3 Å². The second kappa shape index (κ2) is 21.1. The number of hydrogen-bond acceptors (Lipinski definition) is 12. The highest BCUT2D eigenvalue weighted by Gasteiger charge is 2.36. The molecule has 0 radical (unpaired) electrons. The predicted octanol–water partition coefficient (Wildman–Crippen LogP) is 2.16. The van der Waals surface area contributed by atoms with Crippen LogP contribution in [0.2, 0.25) is 0 Å². The van der Waals surface area contributed by atoms with Crippen LogP contribution in [0.4, 0.5) is 9.59 Å². The molecule has 0 aliphatic carbocycles. The van der Waals surface area contributed by atoms with Gasteiger partial charge >= 0.3 is 24.1 Å². The number of carbonyl (C=O) groups is 8. The quantitative estimate of drug-likeness (QED) is 0.0751. The van der Waals surface area contributed by atoms with Gasteiger partial charge < -0.3 is 50.8 Å². The highest BCUT2D eigenvalue weighted by molar-refractivity contribution is 6.06. The van der Waals surface area contributed by atoms with Crippen molar-refractivity contribution in [2.75, 3.05) is 14.2 Å². The third kappa shape index (κ3) is 16.8. The summed E-state index contributed by atoms with van der Waals surface area (Å²) in [5.41, 5.74) is -3.37. The highest BCUT2D eigenvalue weighted by Crippen LogP contribution is 2.14. The van der Waals surface area contributed by atoms with Gasteiger partial charge in [0.2, 0.25) is 23.6 Å². The van der Waals surface area contributed by atoms with E-state index >= 15 is 0 Å². The molecule has 0 aromatic carbocycles. The number of carbonyl (C=O) groups excluding carboxylic acids is 8. The van der Waals surface area contributed by atoms with Gasteiger partial charge in [-0.3, -0.25) is 19.2 Å². The fourth-order valence-corrected chi connectivity index (χ4v) is 4.53. The number of alkyl carbamates (subject to hydrolysis) is 2. The van der Waals surface area contributed by atoms with Gasteiger partial charge in [0.15, 0.2) is 11.4 Å². The Kier molecular flexibility index (Phi) is 19.2. The second-order valence-electron chi connectivity index (χ2n) is 15.9. The molecular weight excluding hydrogens is 708 g/mol. The van der Waals surface area contributed by atoms with Crippen LogP contribution in [-0.2, 0) is 47.7 Å². The molecule has 54 heavy (non-hydrogen) atoms. The SMILES string of the molecule is COC(=O)/C(NC(=O)[C@@H](NC(=O)[C@@H](NC(=O)OC(C)(C)C)C(C)C)C(C)C)=C(\NC(=O)[C@@H](NC(=O)[C@@H](NC(=O)OC(C)(C)C)C(C)C)C(C)C)C(=O)OC. The van der Waals surface area contributed by atoms with Crippen LogP contribution in [0.15, 0.2) is 11.4 Å². The first kappa shape index (κ1) is 49.1. The molecule has 0 spiro atoms. The molecular formula is C36H62N6O12. The molecule has 0 saturated heterocycles. The third-order valence-corrected chi connectivity index (χ3v) is 7.26. The summed E-state index contributed by atoms with van der Waals surface area (Å²) in [7, 11) is 1.92. The summed E-state index contributed by atoms with van der Waals surface area (Å²) in [5, 5.41) is 14.7. The van der Waals surface area contributed by atoms with E-state index in [1.807, 2.05) is 0 Å². The molecule has 0 aromatic heterocycles. The van der Waals surface area contributed by atoms with Crippen molar-refractivity contribution >= 4 is 47.8 Å². The lowest BCUT2D eigenvalue weighted by atomic mass is 9.99. The van der Waals surface area contributed by atoms with Crippen molar-refractivity contribution in [1.29, 1.82) is 0 Å². The molecule has 0 saturated carbocycles. The zero-order valence-corrected chi connectivity index (χ0v) is 34.5. The normalized spacial score (nSPS) is 14.4. The van der Waals surface area contributed by atoms with Gasteiger partial charge in [-0.05, 0) is 65.2 Å². The van der Waals surface area contributed by atoms with Gasteiger partial charge in [-0.25, -0.2) is 19.2 Å². The monoisotopic (exact) mass is 770 g/mol. The molecule has 18 nitrogen and oxygen atoms in total. The summed E-state index contributed by atoms with van der Waals surface area (Å²) in [4.78, 5) is 105. The van der Waals surface area contributed by atoms with Crippen molar-refractivity contribution in [1.82, 2.24) is 31.9 Å². The topological polar surface area (TPSA) is 246 Å². The second-order valence-corrected chi connectivity index (χ2v) is 15.9. The van der Waals surface area contributed by atoms with Gasteiger partial charge in [0.1, 0.15) is 35.4 Å². The summed E-state index contributed by atoms with van der Waals surface area (Å²) in [5.74, 6) is -8.11. The van der Waals surface area contributed by atoms with Crippen molar-refractivity contribution in [3.63, 3.8) is 0 Å². The zero-order valence-electron chi connectivity index (χ0n) is 34.5. The van der Waals surface area contributed by atoms with E-state index in [-0.39, 0.29) is 0 Å². The van der Waals surface area contributed by atoms with Crippen molar-refractivity contribution in [2.45, 2.75) is 132 Å². The van der Waals surface area contributed by atoms with Crippen LogP contribution < -0.4 is 31.9 Å². The van der Waals surface area contributed by atoms with E-state index < -0.39 is 118 Å². The number of hydrogen-bond donors (Lipinski definition) is 6. The molecule has 4 atom stereocenters. The van der Waals surface area contributed by atoms with Gasteiger partial charge in [-0.15, -0.1) is 0 Å². The average molecular weight is 771 g/mol. The van der Waals surface area contributed by atoms with Crippen LogP contribution in [0.25, 0.3) is 0 Å². The van der Waals surface area contributed by atoms with Crippen LogP contribution in [0.1, 0.15) is 96.9 Å². The van der Waals surface area contributed by atoms with Crippen LogP contribution in [0, 0.1) is 23.7 Å². The number of methoxy groups -OCH3 is 2. The van der Waals surface area contributed by atoms with Crippen molar-refractivity contribution < 1.29 is 57.3 Å². The number of rotatable bonds is 16. The molecule has 0 heterocycles. The maximum Gasteiger partial charge on any atom is 0.408 e. The number of esters is 2. The Labute approximate surface area is 318 Å². The first-order valence-corrected chi connectivity index (χ1v) is 17.7. The molecule has 18 heteroatoms. The summed E-state index contributed by atoms with van der Waals surface area (Å²) in [6.07, 6.45) is -1.71. The van der Waals surface area contributed by atoms with E-state index in [1.165, 1.54) is 0 Å². The van der Waals surface area contributed by atoms with Gasteiger partial charge in [-0.1, -0.05) is 55.4 Å². The van der Waals surface area contributed by atoms with E-state index in [4.69, 9.17) is 18.9 Å². The van der Waals surface area contributed by atoms with Crippen molar-refractivity contribution in [3.05, 3.63) is 11.4 Å². The van der Waals surface area contributed by atoms with E-state index in [1.54, 1.807) is 96.9 Å². The minimum atomic E-state index is -1.35. The average Bonchev–Trinajstić information content (AvgIpc) is 3.01. The fourth-order valence-electron chi connectivity index (χ4n) is 4.53. The molecule has 0 bridgehead atoms. The molecule has 0 rings (SSSR count).